The lowest BCUT2D eigenvalue weighted by Gasteiger charge is -2.21. The van der Waals surface area contributed by atoms with E-state index >= 15 is 0 Å². The van der Waals surface area contributed by atoms with Crippen LogP contribution < -0.4 is 5.32 Å². The summed E-state index contributed by atoms with van der Waals surface area (Å²) in [5, 5.41) is 11.0. The third-order valence-electron chi connectivity index (χ3n) is 2.85. The van der Waals surface area contributed by atoms with E-state index in [9.17, 15) is 0 Å². The van der Waals surface area contributed by atoms with Gasteiger partial charge in [-0.3, -0.25) is 0 Å². The minimum atomic E-state index is 0.0267. The second-order valence-corrected chi connectivity index (χ2v) is 7.24. The zero-order chi connectivity index (χ0) is 13.9. The number of hydrogen-bond acceptors (Lipinski definition) is 6. The third kappa shape index (κ3) is 3.58. The smallest absolute Gasteiger partial charge is 0.0944 e. The van der Waals surface area contributed by atoms with E-state index < -0.39 is 0 Å². The molecule has 19 heavy (non-hydrogen) atoms. The Hall–Kier alpha value is -0.850. The Morgan fingerprint density at radius 2 is 2.16 bits per heavy atom. The standard InChI is InChI=1S/C13H20N4S2/c1-5-14-9(8-10-15-6-7-18-10)11-12(13(2,3)4)16-17-19-11/h6-7,9,14H,5,8H2,1-4H3. The summed E-state index contributed by atoms with van der Waals surface area (Å²) >= 11 is 3.20. The van der Waals surface area contributed by atoms with Crippen molar-refractivity contribution in [1.82, 2.24) is 19.9 Å². The van der Waals surface area contributed by atoms with E-state index in [1.807, 2.05) is 11.6 Å². The number of likely N-dealkylation sites (N-methyl/N-ethyl adjacent to an activating group) is 1. The number of rotatable bonds is 5. The van der Waals surface area contributed by atoms with E-state index in [2.05, 4.69) is 47.6 Å². The molecule has 2 aromatic rings. The van der Waals surface area contributed by atoms with E-state index in [1.165, 1.54) is 16.4 Å². The minimum absolute atomic E-state index is 0.0267. The molecule has 0 saturated carbocycles. The molecule has 4 nitrogen and oxygen atoms in total. The molecule has 1 atom stereocenters. The molecule has 2 aromatic heterocycles. The van der Waals surface area contributed by atoms with Crippen LogP contribution in [0, 0.1) is 0 Å². The Morgan fingerprint density at radius 1 is 1.37 bits per heavy atom. The van der Waals surface area contributed by atoms with Crippen LogP contribution in [0.15, 0.2) is 11.6 Å². The van der Waals surface area contributed by atoms with E-state index in [0.29, 0.717) is 0 Å². The van der Waals surface area contributed by atoms with Crippen molar-refractivity contribution in [3.8, 4) is 0 Å². The average Bonchev–Trinajstić information content (AvgIpc) is 2.98. The molecule has 0 aromatic carbocycles. The molecular formula is C13H20N4S2. The Balaban J connectivity index is 2.26. The molecule has 2 heterocycles. The summed E-state index contributed by atoms with van der Waals surface area (Å²) < 4.78 is 4.16. The van der Waals surface area contributed by atoms with Crippen LogP contribution in [-0.2, 0) is 11.8 Å². The summed E-state index contributed by atoms with van der Waals surface area (Å²) in [6.45, 7) is 9.59. The van der Waals surface area contributed by atoms with Crippen molar-refractivity contribution in [2.75, 3.05) is 6.54 Å². The highest BCUT2D eigenvalue weighted by Gasteiger charge is 2.27. The van der Waals surface area contributed by atoms with Gasteiger partial charge < -0.3 is 5.32 Å². The summed E-state index contributed by atoms with van der Waals surface area (Å²) in [4.78, 5) is 5.62. The maximum absolute atomic E-state index is 4.38. The molecule has 0 aliphatic carbocycles. The number of aromatic nitrogens is 3. The molecule has 0 spiro atoms. The first-order valence-corrected chi connectivity index (χ1v) is 8.12. The highest BCUT2D eigenvalue weighted by atomic mass is 32.1. The predicted molar refractivity (Wildman–Crippen MR) is 80.8 cm³/mol. The van der Waals surface area contributed by atoms with Crippen molar-refractivity contribution < 1.29 is 0 Å². The first-order chi connectivity index (χ1) is 9.02. The zero-order valence-electron chi connectivity index (χ0n) is 11.8. The van der Waals surface area contributed by atoms with Crippen LogP contribution in [0.4, 0.5) is 0 Å². The Labute approximate surface area is 122 Å². The fourth-order valence-electron chi connectivity index (χ4n) is 1.98. The van der Waals surface area contributed by atoms with Gasteiger partial charge in [0.15, 0.2) is 0 Å². The number of thiazole rings is 1. The SMILES string of the molecule is CCNC(Cc1nccs1)c1snnc1C(C)(C)C. The highest BCUT2D eigenvalue weighted by molar-refractivity contribution is 7.09. The summed E-state index contributed by atoms with van der Waals surface area (Å²) in [5.41, 5.74) is 1.12. The van der Waals surface area contributed by atoms with E-state index in [1.54, 1.807) is 11.3 Å². The van der Waals surface area contributed by atoms with Gasteiger partial charge in [0.1, 0.15) is 0 Å². The fraction of sp³-hybridized carbons (Fsp3) is 0.615. The van der Waals surface area contributed by atoms with Gasteiger partial charge in [0.25, 0.3) is 0 Å². The Kier molecular flexibility index (Phi) is 4.65. The zero-order valence-corrected chi connectivity index (χ0v) is 13.4. The fourth-order valence-corrected chi connectivity index (χ4v) is 3.58. The minimum Gasteiger partial charge on any atom is -0.309 e. The summed E-state index contributed by atoms with van der Waals surface area (Å²) in [6.07, 6.45) is 2.76. The average molecular weight is 296 g/mol. The predicted octanol–water partition coefficient (Wildman–Crippen LogP) is 3.19. The highest BCUT2D eigenvalue weighted by Crippen LogP contribution is 2.32. The van der Waals surface area contributed by atoms with Gasteiger partial charge in [-0.25, -0.2) is 4.98 Å². The monoisotopic (exact) mass is 296 g/mol. The van der Waals surface area contributed by atoms with Crippen LogP contribution in [-0.4, -0.2) is 21.1 Å². The lowest BCUT2D eigenvalue weighted by Crippen LogP contribution is -2.25. The van der Waals surface area contributed by atoms with Gasteiger partial charge in [-0.2, -0.15) is 0 Å². The van der Waals surface area contributed by atoms with Gasteiger partial charge in [0.2, 0.25) is 0 Å². The number of nitrogens with one attached hydrogen (secondary N) is 1. The first kappa shape index (κ1) is 14.6. The maximum atomic E-state index is 4.38. The second kappa shape index (κ2) is 6.07. The van der Waals surface area contributed by atoms with Crippen LogP contribution in [0.2, 0.25) is 0 Å². The van der Waals surface area contributed by atoms with Crippen molar-refractivity contribution in [2.45, 2.75) is 45.6 Å². The molecule has 0 radical (unpaired) electrons. The normalized spacial score (nSPS) is 13.7. The van der Waals surface area contributed by atoms with Crippen LogP contribution in [0.5, 0.6) is 0 Å². The molecule has 0 aliphatic heterocycles. The van der Waals surface area contributed by atoms with Crippen molar-refractivity contribution in [1.29, 1.82) is 0 Å². The molecule has 6 heteroatoms. The lowest BCUT2D eigenvalue weighted by molar-refractivity contribution is 0.514. The van der Waals surface area contributed by atoms with Gasteiger partial charge in [-0.1, -0.05) is 32.2 Å². The number of nitrogens with zero attached hydrogens (tertiary/aromatic N) is 3. The molecule has 1 N–H and O–H groups in total. The van der Waals surface area contributed by atoms with Gasteiger partial charge in [-0.15, -0.1) is 16.4 Å². The van der Waals surface area contributed by atoms with Crippen LogP contribution in [0.25, 0.3) is 0 Å². The van der Waals surface area contributed by atoms with Crippen molar-refractivity contribution >= 4 is 22.9 Å². The third-order valence-corrected chi connectivity index (χ3v) is 4.49. The molecule has 0 amide bonds. The van der Waals surface area contributed by atoms with Gasteiger partial charge in [0, 0.05) is 23.4 Å². The van der Waals surface area contributed by atoms with E-state index in [-0.39, 0.29) is 11.5 Å². The first-order valence-electron chi connectivity index (χ1n) is 6.47. The molecule has 0 saturated heterocycles. The van der Waals surface area contributed by atoms with Gasteiger partial charge in [0.05, 0.1) is 21.6 Å². The topological polar surface area (TPSA) is 50.7 Å². The summed E-state index contributed by atoms with van der Waals surface area (Å²) in [6, 6.07) is 0.255. The quantitative estimate of drug-likeness (QED) is 0.920. The second-order valence-electron chi connectivity index (χ2n) is 5.48. The van der Waals surface area contributed by atoms with E-state index in [4.69, 9.17) is 0 Å². The van der Waals surface area contributed by atoms with Gasteiger partial charge >= 0.3 is 0 Å². The van der Waals surface area contributed by atoms with Crippen molar-refractivity contribution in [2.24, 2.45) is 0 Å². The number of hydrogen-bond donors (Lipinski definition) is 1. The van der Waals surface area contributed by atoms with Crippen LogP contribution >= 0.6 is 22.9 Å². The lowest BCUT2D eigenvalue weighted by atomic mass is 9.89. The molecule has 0 aliphatic rings. The van der Waals surface area contributed by atoms with Gasteiger partial charge in [-0.05, 0) is 18.1 Å². The molecule has 2 rings (SSSR count). The maximum Gasteiger partial charge on any atom is 0.0944 e. The molecule has 1 unspecified atom stereocenters. The van der Waals surface area contributed by atoms with E-state index in [0.717, 1.165) is 23.7 Å². The molecule has 104 valence electrons. The van der Waals surface area contributed by atoms with Crippen molar-refractivity contribution in [3.63, 3.8) is 0 Å². The van der Waals surface area contributed by atoms with Crippen molar-refractivity contribution in [3.05, 3.63) is 27.2 Å². The summed E-state index contributed by atoms with van der Waals surface area (Å²) in [7, 11) is 0. The Morgan fingerprint density at radius 3 is 2.74 bits per heavy atom. The molecule has 0 bridgehead atoms. The molecule has 0 fully saturated rings. The van der Waals surface area contributed by atoms with Crippen LogP contribution in [0.1, 0.15) is 49.3 Å². The summed E-state index contributed by atoms with van der Waals surface area (Å²) in [5.74, 6) is 0. The largest absolute Gasteiger partial charge is 0.309 e. The van der Waals surface area contributed by atoms with Crippen LogP contribution in [0.3, 0.4) is 0 Å². The Bertz CT molecular complexity index is 499. The molecular weight excluding hydrogens is 276 g/mol.